The summed E-state index contributed by atoms with van der Waals surface area (Å²) in [6.45, 7) is 2.20. The maximum Gasteiger partial charge on any atom is 0.128 e. The second-order valence-electron chi connectivity index (χ2n) is 5.51. The highest BCUT2D eigenvalue weighted by atomic mass is 16.5. The van der Waals surface area contributed by atoms with Gasteiger partial charge >= 0.3 is 0 Å². The number of benzene rings is 1. The van der Waals surface area contributed by atoms with Gasteiger partial charge in [-0.3, -0.25) is 0 Å². The molecule has 1 aliphatic carbocycles. The Kier molecular flexibility index (Phi) is 2.74. The molecule has 98 valence electrons. The molecular formula is C15H21NO2. The van der Waals surface area contributed by atoms with Gasteiger partial charge in [-0.25, -0.2) is 0 Å². The molecule has 3 nitrogen and oxygen atoms in total. The molecule has 0 amide bonds. The van der Waals surface area contributed by atoms with Gasteiger partial charge in [-0.2, -0.15) is 0 Å². The first kappa shape index (κ1) is 11.8. The Morgan fingerprint density at radius 1 is 1.44 bits per heavy atom. The molecule has 2 atom stereocenters. The first-order valence-electron chi connectivity index (χ1n) is 6.81. The van der Waals surface area contributed by atoms with E-state index in [4.69, 9.17) is 15.2 Å². The lowest BCUT2D eigenvalue weighted by atomic mass is 9.82. The number of hydrogen-bond acceptors (Lipinski definition) is 3. The molecule has 1 heterocycles. The predicted octanol–water partition coefficient (Wildman–Crippen LogP) is 3.04. The average Bonchev–Trinajstić information content (AvgIpc) is 3.22. The minimum atomic E-state index is -0.0429. The van der Waals surface area contributed by atoms with Gasteiger partial charge in [-0.05, 0) is 31.2 Å². The van der Waals surface area contributed by atoms with Gasteiger partial charge in [0.1, 0.15) is 17.1 Å². The first-order valence-corrected chi connectivity index (χ1v) is 6.81. The number of hydrogen-bond donors (Lipinski definition) is 1. The van der Waals surface area contributed by atoms with E-state index in [1.807, 2.05) is 18.2 Å². The normalized spacial score (nSPS) is 30.5. The van der Waals surface area contributed by atoms with Crippen molar-refractivity contribution in [2.75, 3.05) is 7.11 Å². The second-order valence-corrected chi connectivity index (χ2v) is 5.51. The summed E-state index contributed by atoms with van der Waals surface area (Å²) in [5.41, 5.74) is 7.40. The Morgan fingerprint density at radius 2 is 2.22 bits per heavy atom. The van der Waals surface area contributed by atoms with Crippen LogP contribution in [0.1, 0.15) is 44.2 Å². The summed E-state index contributed by atoms with van der Waals surface area (Å²) in [6, 6.07) is 6.05. The van der Waals surface area contributed by atoms with Crippen LogP contribution in [0.25, 0.3) is 0 Å². The highest BCUT2D eigenvalue weighted by molar-refractivity contribution is 5.44. The molecule has 1 aliphatic heterocycles. The Morgan fingerprint density at radius 3 is 2.83 bits per heavy atom. The van der Waals surface area contributed by atoms with Gasteiger partial charge in [0.2, 0.25) is 0 Å². The molecular weight excluding hydrogens is 226 g/mol. The van der Waals surface area contributed by atoms with Crippen molar-refractivity contribution in [1.29, 1.82) is 0 Å². The maximum atomic E-state index is 6.35. The zero-order valence-electron chi connectivity index (χ0n) is 11.1. The summed E-state index contributed by atoms with van der Waals surface area (Å²) >= 11 is 0. The zero-order valence-corrected chi connectivity index (χ0v) is 11.1. The van der Waals surface area contributed by atoms with E-state index in [0.29, 0.717) is 5.92 Å². The van der Waals surface area contributed by atoms with Crippen molar-refractivity contribution in [3.05, 3.63) is 23.8 Å². The SMILES string of the molecule is CCC1(C2CC2)C[C@H](N)c2ccc(OC)cc2O1. The molecule has 0 aromatic heterocycles. The molecule has 1 aromatic carbocycles. The molecule has 2 N–H and O–H groups in total. The smallest absolute Gasteiger partial charge is 0.128 e. The molecule has 1 aromatic rings. The molecule has 0 spiro atoms. The van der Waals surface area contributed by atoms with E-state index in [-0.39, 0.29) is 11.6 Å². The number of ether oxygens (including phenoxy) is 2. The standard InChI is InChI=1S/C15H21NO2/c1-3-15(10-4-5-10)9-13(16)12-7-6-11(17-2)8-14(12)18-15/h6-8,10,13H,3-5,9,16H2,1-2H3/t13-,15?/m0/s1. The third kappa shape index (κ3) is 1.77. The Labute approximate surface area is 108 Å². The topological polar surface area (TPSA) is 44.5 Å². The molecule has 18 heavy (non-hydrogen) atoms. The van der Waals surface area contributed by atoms with Gasteiger partial charge in [0.05, 0.1) is 7.11 Å². The van der Waals surface area contributed by atoms with Crippen LogP contribution in [0.5, 0.6) is 11.5 Å². The number of rotatable bonds is 3. The average molecular weight is 247 g/mol. The molecule has 0 radical (unpaired) electrons. The fourth-order valence-corrected chi connectivity index (χ4v) is 3.14. The Bertz CT molecular complexity index is 456. The summed E-state index contributed by atoms with van der Waals surface area (Å²) in [5.74, 6) is 2.44. The van der Waals surface area contributed by atoms with Crippen molar-refractivity contribution in [1.82, 2.24) is 0 Å². The van der Waals surface area contributed by atoms with Crippen LogP contribution < -0.4 is 15.2 Å². The maximum absolute atomic E-state index is 6.35. The summed E-state index contributed by atoms with van der Waals surface area (Å²) in [6.07, 6.45) is 4.52. The van der Waals surface area contributed by atoms with Crippen molar-refractivity contribution in [2.24, 2.45) is 11.7 Å². The van der Waals surface area contributed by atoms with Crippen LogP contribution in [0.4, 0.5) is 0 Å². The van der Waals surface area contributed by atoms with Crippen molar-refractivity contribution >= 4 is 0 Å². The largest absolute Gasteiger partial charge is 0.497 e. The molecule has 0 bridgehead atoms. The summed E-state index contributed by atoms with van der Waals surface area (Å²) in [7, 11) is 1.68. The van der Waals surface area contributed by atoms with Crippen LogP contribution in [0.15, 0.2) is 18.2 Å². The minimum absolute atomic E-state index is 0.0429. The van der Waals surface area contributed by atoms with Gasteiger partial charge in [-0.15, -0.1) is 0 Å². The molecule has 3 heteroatoms. The first-order chi connectivity index (χ1) is 8.68. The number of fused-ring (bicyclic) bond motifs is 1. The van der Waals surface area contributed by atoms with Crippen molar-refractivity contribution in [2.45, 2.75) is 44.2 Å². The highest BCUT2D eigenvalue weighted by Gasteiger charge is 2.49. The van der Waals surface area contributed by atoms with Gasteiger partial charge in [0.25, 0.3) is 0 Å². The van der Waals surface area contributed by atoms with Crippen molar-refractivity contribution in [3.8, 4) is 11.5 Å². The van der Waals surface area contributed by atoms with E-state index in [1.54, 1.807) is 7.11 Å². The Hall–Kier alpha value is -1.22. The third-order valence-corrected chi connectivity index (χ3v) is 4.42. The Balaban J connectivity index is 1.98. The van der Waals surface area contributed by atoms with E-state index >= 15 is 0 Å². The molecule has 3 rings (SSSR count). The second kappa shape index (κ2) is 4.16. The molecule has 1 unspecified atom stereocenters. The highest BCUT2D eigenvalue weighted by Crippen LogP contribution is 2.52. The van der Waals surface area contributed by atoms with Crippen molar-refractivity contribution < 1.29 is 9.47 Å². The van der Waals surface area contributed by atoms with E-state index in [2.05, 4.69) is 6.92 Å². The fourth-order valence-electron chi connectivity index (χ4n) is 3.14. The summed E-state index contributed by atoms with van der Waals surface area (Å²) < 4.78 is 11.6. The van der Waals surface area contributed by atoms with E-state index in [0.717, 1.165) is 29.9 Å². The van der Waals surface area contributed by atoms with E-state index in [9.17, 15) is 0 Å². The monoisotopic (exact) mass is 247 g/mol. The third-order valence-electron chi connectivity index (χ3n) is 4.42. The molecule has 0 saturated heterocycles. The zero-order chi connectivity index (χ0) is 12.8. The van der Waals surface area contributed by atoms with E-state index in [1.165, 1.54) is 12.8 Å². The lowest BCUT2D eigenvalue weighted by molar-refractivity contribution is 0.0105. The summed E-state index contributed by atoms with van der Waals surface area (Å²) in [4.78, 5) is 0. The molecule has 1 fully saturated rings. The van der Waals surface area contributed by atoms with Crippen LogP contribution >= 0.6 is 0 Å². The number of methoxy groups -OCH3 is 1. The number of nitrogens with two attached hydrogens (primary N) is 1. The van der Waals surface area contributed by atoms with Gasteiger partial charge in [0.15, 0.2) is 0 Å². The molecule has 1 saturated carbocycles. The van der Waals surface area contributed by atoms with E-state index < -0.39 is 0 Å². The van der Waals surface area contributed by atoms with Gasteiger partial charge < -0.3 is 15.2 Å². The summed E-state index contributed by atoms with van der Waals surface area (Å²) in [5, 5.41) is 0. The quantitative estimate of drug-likeness (QED) is 0.893. The van der Waals surface area contributed by atoms with Crippen LogP contribution in [0, 0.1) is 5.92 Å². The molecule has 2 aliphatic rings. The van der Waals surface area contributed by atoms with Gasteiger partial charge in [-0.1, -0.05) is 13.0 Å². The van der Waals surface area contributed by atoms with Crippen molar-refractivity contribution in [3.63, 3.8) is 0 Å². The lowest BCUT2D eigenvalue weighted by Gasteiger charge is -2.41. The fraction of sp³-hybridized carbons (Fsp3) is 0.600. The van der Waals surface area contributed by atoms with Crippen LogP contribution in [0.3, 0.4) is 0 Å². The van der Waals surface area contributed by atoms with Crippen LogP contribution in [-0.4, -0.2) is 12.7 Å². The van der Waals surface area contributed by atoms with Crippen LogP contribution in [0.2, 0.25) is 0 Å². The van der Waals surface area contributed by atoms with Gasteiger partial charge in [0, 0.05) is 24.1 Å². The van der Waals surface area contributed by atoms with Crippen LogP contribution in [-0.2, 0) is 0 Å². The predicted molar refractivity (Wildman–Crippen MR) is 70.9 cm³/mol. The minimum Gasteiger partial charge on any atom is -0.497 e. The lowest BCUT2D eigenvalue weighted by Crippen LogP contribution is -2.44.